The van der Waals surface area contributed by atoms with Crippen molar-refractivity contribution in [2.75, 3.05) is 5.32 Å². The summed E-state index contributed by atoms with van der Waals surface area (Å²) in [6.07, 6.45) is 1.12. The van der Waals surface area contributed by atoms with Gasteiger partial charge in [-0.1, -0.05) is 36.4 Å². The van der Waals surface area contributed by atoms with Gasteiger partial charge in [0, 0.05) is 28.2 Å². The number of nitrogens with zero attached hydrogens (tertiary/aromatic N) is 1. The molecule has 0 radical (unpaired) electrons. The molecule has 1 aliphatic heterocycles. The lowest BCUT2D eigenvalue weighted by Gasteiger charge is -2.34. The van der Waals surface area contributed by atoms with Gasteiger partial charge in [-0.25, -0.2) is 0 Å². The average Bonchev–Trinajstić information content (AvgIpc) is 2.77. The summed E-state index contributed by atoms with van der Waals surface area (Å²) in [6.45, 7) is 4.48. The van der Waals surface area contributed by atoms with Gasteiger partial charge in [0.15, 0.2) is 0 Å². The second-order valence-electron chi connectivity index (χ2n) is 6.80. The van der Waals surface area contributed by atoms with E-state index in [0.29, 0.717) is 5.92 Å². The third-order valence-corrected chi connectivity index (χ3v) is 5.37. The summed E-state index contributed by atoms with van der Waals surface area (Å²) in [7, 11) is 0. The Balaban J connectivity index is 1.93. The van der Waals surface area contributed by atoms with Crippen LogP contribution < -0.4 is 5.32 Å². The minimum absolute atomic E-state index is 0.00450. The molecule has 0 saturated heterocycles. The van der Waals surface area contributed by atoms with Crippen LogP contribution in [-0.2, 0) is 5.54 Å². The zero-order valence-electron chi connectivity index (χ0n) is 12.9. The molecule has 1 aromatic heterocycles. The van der Waals surface area contributed by atoms with Crippen LogP contribution in [0.4, 0.5) is 5.69 Å². The van der Waals surface area contributed by atoms with Gasteiger partial charge in [0.05, 0.1) is 11.1 Å². The predicted molar refractivity (Wildman–Crippen MR) is 90.4 cm³/mol. The molecule has 0 amide bonds. The van der Waals surface area contributed by atoms with E-state index < -0.39 is 0 Å². The summed E-state index contributed by atoms with van der Waals surface area (Å²) in [6, 6.07) is 17.3. The van der Waals surface area contributed by atoms with Gasteiger partial charge in [0.2, 0.25) is 0 Å². The van der Waals surface area contributed by atoms with Crippen molar-refractivity contribution in [3.05, 3.63) is 70.9 Å². The summed E-state index contributed by atoms with van der Waals surface area (Å²) < 4.78 is 0. The number of para-hydroxylation sites is 2. The summed E-state index contributed by atoms with van der Waals surface area (Å²) in [5, 5.41) is 5.10. The normalized spacial score (nSPS) is 24.7. The lowest BCUT2D eigenvalue weighted by molar-refractivity contribution is 0.494. The van der Waals surface area contributed by atoms with Crippen LogP contribution in [0.1, 0.15) is 41.6 Å². The second-order valence-corrected chi connectivity index (χ2v) is 6.80. The van der Waals surface area contributed by atoms with Gasteiger partial charge in [0.25, 0.3) is 0 Å². The molecular weight excluding hydrogens is 268 g/mol. The molecule has 108 valence electrons. The van der Waals surface area contributed by atoms with E-state index in [1.54, 1.807) is 0 Å². The fourth-order valence-electron chi connectivity index (χ4n) is 4.63. The third kappa shape index (κ3) is 1.38. The minimum atomic E-state index is -0.00450. The third-order valence-electron chi connectivity index (χ3n) is 5.37. The van der Waals surface area contributed by atoms with Crippen LogP contribution >= 0.6 is 0 Å². The van der Waals surface area contributed by atoms with Crippen molar-refractivity contribution in [3.63, 3.8) is 0 Å². The average molecular weight is 286 g/mol. The zero-order valence-corrected chi connectivity index (χ0v) is 12.9. The van der Waals surface area contributed by atoms with E-state index in [9.17, 15) is 0 Å². The van der Waals surface area contributed by atoms with E-state index in [-0.39, 0.29) is 5.54 Å². The molecular formula is C20H18N2. The Bertz CT molecular complexity index is 928. The second kappa shape index (κ2) is 3.89. The van der Waals surface area contributed by atoms with Gasteiger partial charge in [-0.05, 0) is 43.5 Å². The van der Waals surface area contributed by atoms with Crippen molar-refractivity contribution >= 4 is 16.6 Å². The molecule has 3 aromatic rings. The molecule has 1 N–H and O–H groups in total. The Labute approximate surface area is 130 Å². The Hall–Kier alpha value is -2.35. The lowest BCUT2D eigenvalue weighted by Crippen LogP contribution is -2.33. The molecule has 2 aromatic carbocycles. The first-order valence-electron chi connectivity index (χ1n) is 7.94. The predicted octanol–water partition coefficient (Wildman–Crippen LogP) is 4.72. The number of aryl methyl sites for hydroxylation is 1. The van der Waals surface area contributed by atoms with E-state index in [1.165, 1.54) is 33.5 Å². The Morgan fingerprint density at radius 1 is 1.09 bits per heavy atom. The first-order valence-corrected chi connectivity index (χ1v) is 7.94. The molecule has 0 unspecified atom stereocenters. The minimum Gasteiger partial charge on any atom is -0.375 e. The summed E-state index contributed by atoms with van der Waals surface area (Å²) in [5.74, 6) is 0.476. The smallest absolute Gasteiger partial charge is 0.0708 e. The molecule has 2 heteroatoms. The number of aromatic nitrogens is 1. The summed E-state index contributed by atoms with van der Waals surface area (Å²) in [5.41, 5.74) is 7.88. The van der Waals surface area contributed by atoms with E-state index >= 15 is 0 Å². The number of rotatable bonds is 0. The van der Waals surface area contributed by atoms with Crippen LogP contribution in [0.3, 0.4) is 0 Å². The number of hydrogen-bond acceptors (Lipinski definition) is 2. The highest BCUT2D eigenvalue weighted by atomic mass is 15.0. The highest BCUT2D eigenvalue weighted by Gasteiger charge is 2.47. The number of benzene rings is 2. The van der Waals surface area contributed by atoms with Crippen molar-refractivity contribution in [2.45, 2.75) is 31.7 Å². The van der Waals surface area contributed by atoms with Gasteiger partial charge in [0.1, 0.15) is 0 Å². The molecule has 2 heterocycles. The Morgan fingerprint density at radius 2 is 1.86 bits per heavy atom. The van der Waals surface area contributed by atoms with Gasteiger partial charge in [-0.3, -0.25) is 4.98 Å². The zero-order chi connectivity index (χ0) is 14.9. The monoisotopic (exact) mass is 286 g/mol. The van der Waals surface area contributed by atoms with Crippen LogP contribution in [-0.4, -0.2) is 4.98 Å². The SMILES string of the molecule is Cc1nc2ccccc2c2c1[C@@]1(C)C[C@@H]2c2ccccc2N1. The maximum atomic E-state index is 4.88. The van der Waals surface area contributed by atoms with E-state index in [2.05, 4.69) is 67.7 Å². The van der Waals surface area contributed by atoms with E-state index in [1.807, 2.05) is 0 Å². The molecule has 2 atom stereocenters. The quantitative estimate of drug-likeness (QED) is 0.647. The first kappa shape index (κ1) is 12.2. The molecule has 0 fully saturated rings. The van der Waals surface area contributed by atoms with Crippen LogP contribution in [0.2, 0.25) is 0 Å². The number of nitrogens with one attached hydrogen (secondary N) is 1. The number of pyridine rings is 1. The van der Waals surface area contributed by atoms with Crippen molar-refractivity contribution in [2.24, 2.45) is 0 Å². The first-order chi connectivity index (χ1) is 10.7. The molecule has 2 bridgehead atoms. The van der Waals surface area contributed by atoms with Crippen molar-refractivity contribution in [1.29, 1.82) is 0 Å². The fourth-order valence-corrected chi connectivity index (χ4v) is 4.63. The topological polar surface area (TPSA) is 24.9 Å². The van der Waals surface area contributed by atoms with E-state index in [0.717, 1.165) is 11.9 Å². The van der Waals surface area contributed by atoms with Gasteiger partial charge in [-0.15, -0.1) is 0 Å². The Kier molecular flexibility index (Phi) is 2.16. The molecule has 2 nitrogen and oxygen atoms in total. The number of anilines is 1. The number of hydrogen-bond donors (Lipinski definition) is 1. The number of fused-ring (bicyclic) bond motifs is 9. The van der Waals surface area contributed by atoms with Crippen molar-refractivity contribution < 1.29 is 0 Å². The van der Waals surface area contributed by atoms with Crippen LogP contribution in [0.25, 0.3) is 10.9 Å². The van der Waals surface area contributed by atoms with Crippen molar-refractivity contribution in [3.8, 4) is 0 Å². The molecule has 0 spiro atoms. The standard InChI is InChI=1S/C20H18N2/c1-12-19-18(14-8-4-5-9-16(14)21-12)15-11-20(19,2)22-17-10-6-3-7-13(15)17/h3-10,15,22H,11H2,1-2H3/t15-,20-/m1/s1. The fraction of sp³-hybridized carbons (Fsp3) is 0.250. The van der Waals surface area contributed by atoms with Crippen molar-refractivity contribution in [1.82, 2.24) is 4.98 Å². The molecule has 1 aliphatic carbocycles. The largest absolute Gasteiger partial charge is 0.375 e. The van der Waals surface area contributed by atoms with Crippen LogP contribution in [0.5, 0.6) is 0 Å². The van der Waals surface area contributed by atoms with Crippen LogP contribution in [0.15, 0.2) is 48.5 Å². The Morgan fingerprint density at radius 3 is 2.77 bits per heavy atom. The molecule has 2 aliphatic rings. The summed E-state index contributed by atoms with van der Waals surface area (Å²) >= 11 is 0. The van der Waals surface area contributed by atoms with Crippen LogP contribution in [0, 0.1) is 6.92 Å². The molecule has 22 heavy (non-hydrogen) atoms. The van der Waals surface area contributed by atoms with Gasteiger partial charge in [-0.2, -0.15) is 0 Å². The van der Waals surface area contributed by atoms with Gasteiger partial charge < -0.3 is 5.32 Å². The molecule has 0 saturated carbocycles. The highest BCUT2D eigenvalue weighted by molar-refractivity contribution is 5.88. The van der Waals surface area contributed by atoms with Gasteiger partial charge >= 0.3 is 0 Å². The maximum Gasteiger partial charge on any atom is 0.0708 e. The summed E-state index contributed by atoms with van der Waals surface area (Å²) in [4.78, 5) is 4.88. The maximum absolute atomic E-state index is 4.88. The lowest BCUT2D eigenvalue weighted by atomic mass is 9.85. The van der Waals surface area contributed by atoms with E-state index in [4.69, 9.17) is 4.98 Å². The highest BCUT2D eigenvalue weighted by Crippen LogP contribution is 2.56. The molecule has 5 rings (SSSR count).